The van der Waals surface area contributed by atoms with E-state index in [4.69, 9.17) is 0 Å². The first kappa shape index (κ1) is 22.4. The molecule has 2 aromatic rings. The minimum absolute atomic E-state index is 0. The molecule has 28 heavy (non-hydrogen) atoms. The molecule has 0 aliphatic carbocycles. The van der Waals surface area contributed by atoms with Crippen molar-refractivity contribution in [2.24, 2.45) is 19.5 Å². The maximum Gasteiger partial charge on any atom is 0.332 e. The quantitative estimate of drug-likeness (QED) is 0.720. The van der Waals surface area contributed by atoms with Crippen LogP contribution in [-0.2, 0) is 14.1 Å². The van der Waals surface area contributed by atoms with Crippen LogP contribution >= 0.6 is 24.8 Å². The Kier molecular flexibility index (Phi) is 6.58. The molecule has 0 atom stereocenters. The fourth-order valence-corrected chi connectivity index (χ4v) is 4.17. The molecule has 2 aliphatic heterocycles. The maximum atomic E-state index is 12.9. The van der Waals surface area contributed by atoms with E-state index in [-0.39, 0.29) is 36.1 Å². The first-order chi connectivity index (χ1) is 12.4. The van der Waals surface area contributed by atoms with Crippen LogP contribution in [0.25, 0.3) is 11.0 Å². The van der Waals surface area contributed by atoms with Gasteiger partial charge in [0.15, 0.2) is 0 Å². The van der Waals surface area contributed by atoms with E-state index in [0.29, 0.717) is 16.6 Å². The van der Waals surface area contributed by atoms with Gasteiger partial charge in [-0.2, -0.15) is 0 Å². The number of hydrogen-bond donors (Lipinski definition) is 1. The molecule has 1 spiro atoms. The molecule has 8 nitrogen and oxygen atoms in total. The van der Waals surface area contributed by atoms with Crippen molar-refractivity contribution in [3.8, 4) is 0 Å². The average molecular weight is 430 g/mol. The summed E-state index contributed by atoms with van der Waals surface area (Å²) in [5.74, 6) is -0.101. The molecule has 4 rings (SSSR count). The predicted octanol–water partition coefficient (Wildman–Crippen LogP) is 0.691. The van der Waals surface area contributed by atoms with Gasteiger partial charge in [-0.05, 0) is 37.3 Å². The second-order valence-corrected chi connectivity index (χ2v) is 7.52. The summed E-state index contributed by atoms with van der Waals surface area (Å²) in [6.07, 6.45) is 4.65. The second-order valence-electron chi connectivity index (χ2n) is 7.52. The highest BCUT2D eigenvalue weighted by Crippen LogP contribution is 2.37. The molecule has 2 saturated heterocycles. The first-order valence-electron chi connectivity index (χ1n) is 8.98. The highest BCUT2D eigenvalue weighted by atomic mass is 35.5. The molecule has 1 N–H and O–H groups in total. The number of carbonyl (C=O) groups is 1. The number of rotatable bonds is 1. The fourth-order valence-electron chi connectivity index (χ4n) is 4.17. The van der Waals surface area contributed by atoms with Crippen molar-refractivity contribution >= 4 is 41.8 Å². The Balaban J connectivity index is 0.00000140. The van der Waals surface area contributed by atoms with Gasteiger partial charge in [-0.1, -0.05) is 0 Å². The zero-order chi connectivity index (χ0) is 18.5. The van der Waals surface area contributed by atoms with Gasteiger partial charge >= 0.3 is 5.69 Å². The van der Waals surface area contributed by atoms with Crippen molar-refractivity contribution in [2.45, 2.75) is 19.3 Å². The zero-order valence-electron chi connectivity index (χ0n) is 15.9. The second kappa shape index (κ2) is 8.23. The molecule has 2 aromatic heterocycles. The van der Waals surface area contributed by atoms with Crippen molar-refractivity contribution in [3.63, 3.8) is 0 Å². The van der Waals surface area contributed by atoms with Gasteiger partial charge in [-0.3, -0.25) is 18.7 Å². The third kappa shape index (κ3) is 3.56. The molecule has 0 saturated carbocycles. The minimum Gasteiger partial charge on any atom is -0.339 e. The van der Waals surface area contributed by atoms with Crippen LogP contribution in [-0.4, -0.2) is 51.1 Å². The van der Waals surface area contributed by atoms with E-state index in [1.807, 2.05) is 4.90 Å². The van der Waals surface area contributed by atoms with Crippen LogP contribution in [0.1, 0.15) is 29.6 Å². The normalized spacial score (nSPS) is 18.0. The number of nitrogens with one attached hydrogen (secondary N) is 1. The van der Waals surface area contributed by atoms with E-state index in [1.54, 1.807) is 13.1 Å². The van der Waals surface area contributed by atoms with Crippen LogP contribution in [0.4, 0.5) is 0 Å². The topological polar surface area (TPSA) is 89.2 Å². The average Bonchev–Trinajstić information content (AvgIpc) is 3.12. The lowest BCUT2D eigenvalue weighted by atomic mass is 9.78. The van der Waals surface area contributed by atoms with E-state index < -0.39 is 11.2 Å². The van der Waals surface area contributed by atoms with Gasteiger partial charge in [0.25, 0.3) is 11.5 Å². The van der Waals surface area contributed by atoms with Crippen LogP contribution in [0.2, 0.25) is 0 Å². The lowest BCUT2D eigenvalue weighted by molar-refractivity contribution is 0.0607. The number of likely N-dealkylation sites (tertiary alicyclic amines) is 1. The molecule has 10 heteroatoms. The maximum absolute atomic E-state index is 12.9. The van der Waals surface area contributed by atoms with Gasteiger partial charge in [-0.15, -0.1) is 24.8 Å². The molecule has 1 amide bonds. The third-order valence-corrected chi connectivity index (χ3v) is 5.98. The van der Waals surface area contributed by atoms with Crippen LogP contribution in [0, 0.1) is 5.41 Å². The summed E-state index contributed by atoms with van der Waals surface area (Å²) in [7, 11) is 3.00. The summed E-state index contributed by atoms with van der Waals surface area (Å²) in [6, 6.07) is 1.56. The van der Waals surface area contributed by atoms with Gasteiger partial charge in [-0.25, -0.2) is 9.78 Å². The van der Waals surface area contributed by atoms with E-state index in [9.17, 15) is 14.4 Å². The van der Waals surface area contributed by atoms with Crippen molar-refractivity contribution in [1.29, 1.82) is 0 Å². The van der Waals surface area contributed by atoms with Crippen molar-refractivity contribution in [3.05, 3.63) is 38.7 Å². The summed E-state index contributed by atoms with van der Waals surface area (Å²) >= 11 is 0. The Bertz CT molecular complexity index is 1000. The molecule has 0 radical (unpaired) electrons. The largest absolute Gasteiger partial charge is 0.339 e. The molecule has 0 aromatic carbocycles. The van der Waals surface area contributed by atoms with Gasteiger partial charge in [0, 0.05) is 39.9 Å². The van der Waals surface area contributed by atoms with Crippen LogP contribution < -0.4 is 16.6 Å². The summed E-state index contributed by atoms with van der Waals surface area (Å²) in [5, 5.41) is 3.71. The Labute approximate surface area is 174 Å². The Morgan fingerprint density at radius 3 is 2.39 bits per heavy atom. The Hall–Kier alpha value is -1.90. The van der Waals surface area contributed by atoms with E-state index in [2.05, 4.69) is 10.3 Å². The first-order valence-corrected chi connectivity index (χ1v) is 8.98. The molecule has 154 valence electrons. The molecular weight excluding hydrogens is 405 g/mol. The number of nitrogens with zero attached hydrogens (tertiary/aromatic N) is 4. The monoisotopic (exact) mass is 429 g/mol. The number of fused-ring (bicyclic) bond motifs is 1. The number of amides is 1. The van der Waals surface area contributed by atoms with E-state index >= 15 is 0 Å². The van der Waals surface area contributed by atoms with E-state index in [1.165, 1.54) is 24.2 Å². The number of aromatic nitrogens is 3. The van der Waals surface area contributed by atoms with Crippen molar-refractivity contribution < 1.29 is 4.79 Å². The SMILES string of the molecule is Cl.Cl.Cn1c(=O)c2cc(C(=O)N3CCC4(CCNC4)CC3)cnc2n(C)c1=O. The number of hydrogen-bond acceptors (Lipinski definition) is 5. The van der Waals surface area contributed by atoms with Gasteiger partial charge in [0.1, 0.15) is 5.65 Å². The van der Waals surface area contributed by atoms with Crippen LogP contribution in [0.3, 0.4) is 0 Å². The smallest absolute Gasteiger partial charge is 0.332 e. The molecule has 2 aliphatic rings. The highest BCUT2D eigenvalue weighted by molar-refractivity contribution is 5.96. The van der Waals surface area contributed by atoms with E-state index in [0.717, 1.165) is 43.6 Å². The molecule has 0 unspecified atom stereocenters. The van der Waals surface area contributed by atoms with Crippen molar-refractivity contribution in [2.75, 3.05) is 26.2 Å². The molecule has 4 heterocycles. The number of halogens is 2. The van der Waals surface area contributed by atoms with Crippen LogP contribution in [0.15, 0.2) is 21.9 Å². The highest BCUT2D eigenvalue weighted by Gasteiger charge is 2.38. The summed E-state index contributed by atoms with van der Waals surface area (Å²) in [5.41, 5.74) is 0.172. The molecule has 2 fully saturated rings. The van der Waals surface area contributed by atoms with Gasteiger partial charge < -0.3 is 10.2 Å². The predicted molar refractivity (Wildman–Crippen MR) is 112 cm³/mol. The lowest BCUT2D eigenvalue weighted by Crippen LogP contribution is -2.44. The van der Waals surface area contributed by atoms with Crippen molar-refractivity contribution in [1.82, 2.24) is 24.3 Å². The minimum atomic E-state index is -0.431. The standard InChI is InChI=1S/C18H23N5O3.2ClH/c1-21-14-13(16(25)22(2)17(21)26)9-12(10-20-14)15(24)23-7-4-18(5-8-23)3-6-19-11-18;;/h9-10,19H,3-8,11H2,1-2H3;2*1H. The number of carbonyl (C=O) groups excluding carboxylic acids is 1. The summed E-state index contributed by atoms with van der Waals surface area (Å²) in [4.78, 5) is 43.4. The summed E-state index contributed by atoms with van der Waals surface area (Å²) < 4.78 is 2.36. The van der Waals surface area contributed by atoms with Gasteiger partial charge in [0.05, 0.1) is 10.9 Å². The molecular formula is C18H25Cl2N5O3. The third-order valence-electron chi connectivity index (χ3n) is 5.98. The molecule has 0 bridgehead atoms. The Morgan fingerprint density at radius 1 is 1.11 bits per heavy atom. The summed E-state index contributed by atoms with van der Waals surface area (Å²) in [6.45, 7) is 3.55. The fraction of sp³-hybridized carbons (Fsp3) is 0.556. The van der Waals surface area contributed by atoms with Crippen LogP contribution in [0.5, 0.6) is 0 Å². The number of piperidine rings is 1. The zero-order valence-corrected chi connectivity index (χ0v) is 17.6. The van der Waals surface area contributed by atoms with Gasteiger partial charge in [0.2, 0.25) is 0 Å². The number of pyridine rings is 1. The lowest BCUT2D eigenvalue weighted by Gasteiger charge is -2.38. The Morgan fingerprint density at radius 2 is 1.79 bits per heavy atom. The number of aryl methyl sites for hydroxylation is 1.